The predicted molar refractivity (Wildman–Crippen MR) is 126 cm³/mol. The molecule has 3 aromatic rings. The standard InChI is InChI=1S/C22H19Cl3N4O3/c23-16-11-18(25)20(12-17(16)24)32-13-22(30)26-15-3-1-14(2-4-15)19-5-6-21(28-27-19)29-7-9-31-10-8-29/h1-6,11-12H,7-10,13H2,(H,26,30). The molecule has 1 aromatic heterocycles. The van der Waals surface area contributed by atoms with E-state index in [-0.39, 0.29) is 23.3 Å². The van der Waals surface area contributed by atoms with Crippen LogP contribution in [0.25, 0.3) is 11.3 Å². The number of hydrogen-bond acceptors (Lipinski definition) is 6. The largest absolute Gasteiger partial charge is 0.482 e. The first-order valence-corrected chi connectivity index (χ1v) is 11.0. The Balaban J connectivity index is 1.33. The maximum absolute atomic E-state index is 12.2. The van der Waals surface area contributed by atoms with Crippen molar-refractivity contribution in [2.75, 3.05) is 43.1 Å². The maximum Gasteiger partial charge on any atom is 0.262 e. The summed E-state index contributed by atoms with van der Waals surface area (Å²) >= 11 is 17.9. The molecule has 32 heavy (non-hydrogen) atoms. The zero-order valence-corrected chi connectivity index (χ0v) is 19.1. The summed E-state index contributed by atoms with van der Waals surface area (Å²) in [6.07, 6.45) is 0. The molecule has 0 aliphatic carbocycles. The Morgan fingerprint density at radius 1 is 0.969 bits per heavy atom. The first kappa shape index (κ1) is 22.6. The van der Waals surface area contributed by atoms with E-state index in [9.17, 15) is 4.79 Å². The van der Waals surface area contributed by atoms with Crippen molar-refractivity contribution in [3.8, 4) is 17.0 Å². The van der Waals surface area contributed by atoms with Crippen LogP contribution in [0.5, 0.6) is 5.75 Å². The van der Waals surface area contributed by atoms with Crippen LogP contribution in [0.1, 0.15) is 0 Å². The van der Waals surface area contributed by atoms with E-state index in [1.54, 1.807) is 12.1 Å². The molecule has 1 aliphatic heterocycles. The lowest BCUT2D eigenvalue weighted by Crippen LogP contribution is -2.36. The van der Waals surface area contributed by atoms with Gasteiger partial charge < -0.3 is 19.7 Å². The highest BCUT2D eigenvalue weighted by molar-refractivity contribution is 6.43. The molecule has 0 atom stereocenters. The van der Waals surface area contributed by atoms with Crippen LogP contribution >= 0.6 is 34.8 Å². The Labute approximate surface area is 200 Å². The molecule has 0 unspecified atom stereocenters. The van der Waals surface area contributed by atoms with Crippen LogP contribution in [-0.4, -0.2) is 49.0 Å². The van der Waals surface area contributed by atoms with Crippen molar-refractivity contribution in [2.45, 2.75) is 0 Å². The quantitative estimate of drug-likeness (QED) is 0.489. The van der Waals surface area contributed by atoms with Crippen LogP contribution in [0.3, 0.4) is 0 Å². The summed E-state index contributed by atoms with van der Waals surface area (Å²) in [4.78, 5) is 14.4. The van der Waals surface area contributed by atoms with Crippen LogP contribution < -0.4 is 15.0 Å². The first-order chi connectivity index (χ1) is 15.5. The number of morpholine rings is 1. The van der Waals surface area contributed by atoms with Crippen LogP contribution in [0.4, 0.5) is 11.5 Å². The van der Waals surface area contributed by atoms with Gasteiger partial charge in [-0.1, -0.05) is 46.9 Å². The van der Waals surface area contributed by atoms with Crippen LogP contribution in [-0.2, 0) is 9.53 Å². The third kappa shape index (κ3) is 5.61. The molecule has 1 saturated heterocycles. The third-order valence-corrected chi connectivity index (χ3v) is 5.80. The number of benzene rings is 2. The molecule has 7 nitrogen and oxygen atoms in total. The molecule has 0 saturated carbocycles. The smallest absolute Gasteiger partial charge is 0.262 e. The SMILES string of the molecule is O=C(COc1cc(Cl)c(Cl)cc1Cl)Nc1ccc(-c2ccc(N3CCOCC3)nn2)cc1. The van der Waals surface area contributed by atoms with Crippen molar-refractivity contribution >= 4 is 52.2 Å². The number of amides is 1. The van der Waals surface area contributed by atoms with Gasteiger partial charge in [0.1, 0.15) is 5.75 Å². The van der Waals surface area contributed by atoms with Gasteiger partial charge in [0, 0.05) is 30.4 Å². The number of aromatic nitrogens is 2. The van der Waals surface area contributed by atoms with Gasteiger partial charge in [0.05, 0.1) is 34.0 Å². The lowest BCUT2D eigenvalue weighted by Gasteiger charge is -2.27. The van der Waals surface area contributed by atoms with E-state index < -0.39 is 0 Å². The van der Waals surface area contributed by atoms with E-state index in [0.717, 1.165) is 30.2 Å². The molecule has 0 spiro atoms. The highest BCUT2D eigenvalue weighted by atomic mass is 35.5. The number of hydrogen-bond donors (Lipinski definition) is 1. The molecule has 1 amide bonds. The molecule has 2 heterocycles. The van der Waals surface area contributed by atoms with Crippen LogP contribution in [0, 0.1) is 0 Å². The van der Waals surface area contributed by atoms with Crippen molar-refractivity contribution in [3.63, 3.8) is 0 Å². The Morgan fingerprint density at radius 3 is 2.38 bits per heavy atom. The van der Waals surface area contributed by atoms with Gasteiger partial charge in [0.2, 0.25) is 0 Å². The van der Waals surface area contributed by atoms with Crippen molar-refractivity contribution in [1.29, 1.82) is 0 Å². The van der Waals surface area contributed by atoms with Crippen LogP contribution in [0.2, 0.25) is 15.1 Å². The topological polar surface area (TPSA) is 76.6 Å². The van der Waals surface area contributed by atoms with E-state index in [2.05, 4.69) is 20.4 Å². The summed E-state index contributed by atoms with van der Waals surface area (Å²) in [6, 6.07) is 14.1. The van der Waals surface area contributed by atoms with Gasteiger partial charge in [-0.25, -0.2) is 0 Å². The minimum absolute atomic E-state index is 0.228. The van der Waals surface area contributed by atoms with Crippen molar-refractivity contribution < 1.29 is 14.3 Å². The molecule has 4 rings (SSSR count). The average Bonchev–Trinajstić information content (AvgIpc) is 2.82. The molecule has 1 fully saturated rings. The number of ether oxygens (including phenoxy) is 2. The Kier molecular flexibility index (Phi) is 7.32. The van der Waals surface area contributed by atoms with Crippen molar-refractivity contribution in [3.05, 3.63) is 63.6 Å². The zero-order valence-electron chi connectivity index (χ0n) is 16.9. The zero-order chi connectivity index (χ0) is 22.5. The van der Waals surface area contributed by atoms with Gasteiger partial charge >= 0.3 is 0 Å². The molecule has 2 aromatic carbocycles. The second-order valence-corrected chi connectivity index (χ2v) is 8.21. The number of carbonyl (C=O) groups is 1. The lowest BCUT2D eigenvalue weighted by molar-refractivity contribution is -0.118. The highest BCUT2D eigenvalue weighted by Crippen LogP contribution is 2.33. The van der Waals surface area contributed by atoms with Gasteiger partial charge in [-0.15, -0.1) is 10.2 Å². The summed E-state index contributed by atoms with van der Waals surface area (Å²) in [5.74, 6) is 0.781. The van der Waals surface area contributed by atoms with Crippen LogP contribution in [0.15, 0.2) is 48.5 Å². The molecular weight excluding hydrogens is 475 g/mol. The van der Waals surface area contributed by atoms with E-state index in [1.807, 2.05) is 24.3 Å². The molecule has 1 aliphatic rings. The third-order valence-electron chi connectivity index (χ3n) is 4.78. The number of nitrogens with one attached hydrogen (secondary N) is 1. The number of carbonyl (C=O) groups excluding carboxylic acids is 1. The molecule has 10 heteroatoms. The highest BCUT2D eigenvalue weighted by Gasteiger charge is 2.13. The second-order valence-electron chi connectivity index (χ2n) is 6.99. The Bertz CT molecular complexity index is 1090. The summed E-state index contributed by atoms with van der Waals surface area (Å²) in [7, 11) is 0. The van der Waals surface area contributed by atoms with E-state index >= 15 is 0 Å². The fourth-order valence-electron chi connectivity index (χ4n) is 3.12. The Morgan fingerprint density at radius 2 is 1.69 bits per heavy atom. The fourth-order valence-corrected chi connectivity index (χ4v) is 3.71. The lowest BCUT2D eigenvalue weighted by atomic mass is 10.1. The van der Waals surface area contributed by atoms with E-state index in [0.29, 0.717) is 28.9 Å². The van der Waals surface area contributed by atoms with Gasteiger partial charge in [0.15, 0.2) is 12.4 Å². The van der Waals surface area contributed by atoms with Gasteiger partial charge in [-0.2, -0.15) is 0 Å². The number of nitrogens with zero attached hydrogens (tertiary/aromatic N) is 3. The molecule has 0 bridgehead atoms. The minimum Gasteiger partial charge on any atom is -0.482 e. The monoisotopic (exact) mass is 492 g/mol. The summed E-state index contributed by atoms with van der Waals surface area (Å²) in [5.41, 5.74) is 2.26. The molecule has 0 radical (unpaired) electrons. The van der Waals surface area contributed by atoms with E-state index in [1.165, 1.54) is 12.1 Å². The normalized spacial score (nSPS) is 13.7. The van der Waals surface area contributed by atoms with Gasteiger partial charge in [-0.3, -0.25) is 4.79 Å². The fraction of sp³-hybridized carbons (Fsp3) is 0.227. The first-order valence-electron chi connectivity index (χ1n) is 9.83. The molecule has 166 valence electrons. The second kappa shape index (κ2) is 10.4. The minimum atomic E-state index is -0.338. The average molecular weight is 494 g/mol. The van der Waals surface area contributed by atoms with E-state index in [4.69, 9.17) is 44.3 Å². The summed E-state index contributed by atoms with van der Waals surface area (Å²) in [5, 5.41) is 12.3. The van der Waals surface area contributed by atoms with Gasteiger partial charge in [-0.05, 0) is 30.3 Å². The Hall–Kier alpha value is -2.58. The van der Waals surface area contributed by atoms with Crippen molar-refractivity contribution in [2.24, 2.45) is 0 Å². The summed E-state index contributed by atoms with van der Waals surface area (Å²) < 4.78 is 10.8. The predicted octanol–water partition coefficient (Wildman–Crippen LogP) is 4.96. The van der Waals surface area contributed by atoms with Gasteiger partial charge in [0.25, 0.3) is 5.91 Å². The molecular formula is C22H19Cl3N4O3. The molecule has 1 N–H and O–H groups in total. The number of anilines is 2. The summed E-state index contributed by atoms with van der Waals surface area (Å²) in [6.45, 7) is 2.78. The maximum atomic E-state index is 12.2. The number of rotatable bonds is 6. The number of halogens is 3. The van der Waals surface area contributed by atoms with Crippen molar-refractivity contribution in [1.82, 2.24) is 10.2 Å².